The molecule has 1 aliphatic heterocycles. The molecule has 1 heterocycles. The lowest BCUT2D eigenvalue weighted by atomic mass is 9.85. The fourth-order valence-corrected chi connectivity index (χ4v) is 3.71. The van der Waals surface area contributed by atoms with Crippen molar-refractivity contribution < 1.29 is 4.79 Å². The maximum Gasteiger partial charge on any atom is 0.241 e. The highest BCUT2D eigenvalue weighted by atomic mass is 35.5. The van der Waals surface area contributed by atoms with Crippen molar-refractivity contribution in [2.45, 2.75) is 31.7 Å². The molecule has 0 aromatic heterocycles. The second-order valence-corrected chi connectivity index (χ2v) is 7.37. The maximum atomic E-state index is 12.7. The number of amides is 1. The Kier molecular flexibility index (Phi) is 6.35. The minimum absolute atomic E-state index is 0.0260. The van der Waals surface area contributed by atoms with E-state index in [9.17, 15) is 4.79 Å². The Morgan fingerprint density at radius 3 is 2.68 bits per heavy atom. The maximum absolute atomic E-state index is 12.7. The lowest BCUT2D eigenvalue weighted by Gasteiger charge is -2.31. The molecule has 2 aromatic rings. The highest BCUT2D eigenvalue weighted by molar-refractivity contribution is 6.30. The average Bonchev–Trinajstić information content (AvgIpc) is 2.62. The lowest BCUT2D eigenvalue weighted by Crippen LogP contribution is -2.49. The van der Waals surface area contributed by atoms with E-state index in [1.807, 2.05) is 30.3 Å². The monoisotopic (exact) mass is 376 g/mol. The van der Waals surface area contributed by atoms with Crippen molar-refractivity contribution in [3.05, 3.63) is 64.1 Å². The smallest absolute Gasteiger partial charge is 0.241 e. The van der Waals surface area contributed by atoms with Crippen LogP contribution in [0.4, 0.5) is 5.69 Å². The van der Waals surface area contributed by atoms with Gasteiger partial charge in [0.25, 0.3) is 0 Å². The summed E-state index contributed by atoms with van der Waals surface area (Å²) in [6, 6.07) is 15.0. The van der Waals surface area contributed by atoms with Crippen LogP contribution in [0.3, 0.4) is 0 Å². The quantitative estimate of drug-likeness (QED) is 0.776. The molecule has 2 aromatic carbocycles. The molecule has 1 aliphatic rings. The van der Waals surface area contributed by atoms with E-state index in [1.165, 1.54) is 5.56 Å². The molecular weight excluding hydrogens is 355 g/mol. The van der Waals surface area contributed by atoms with Gasteiger partial charge in [-0.1, -0.05) is 35.3 Å². The fourth-order valence-electron chi connectivity index (χ4n) is 3.37. The first kappa shape index (κ1) is 18.2. The van der Waals surface area contributed by atoms with Gasteiger partial charge in [0.1, 0.15) is 0 Å². The Morgan fingerprint density at radius 2 is 1.92 bits per heavy atom. The summed E-state index contributed by atoms with van der Waals surface area (Å²) in [6.45, 7) is 0.881. The van der Waals surface area contributed by atoms with Gasteiger partial charge < -0.3 is 10.6 Å². The number of rotatable bonds is 5. The van der Waals surface area contributed by atoms with Crippen molar-refractivity contribution in [2.75, 3.05) is 11.9 Å². The predicted octanol–water partition coefficient (Wildman–Crippen LogP) is 4.93. The van der Waals surface area contributed by atoms with Gasteiger partial charge in [0, 0.05) is 15.7 Å². The third kappa shape index (κ3) is 5.21. The molecular formula is C20H22Cl2N2O. The minimum Gasteiger partial charge on any atom is -0.325 e. The molecule has 2 N–H and O–H groups in total. The van der Waals surface area contributed by atoms with Gasteiger partial charge in [-0.15, -0.1) is 0 Å². The van der Waals surface area contributed by atoms with Crippen molar-refractivity contribution in [1.29, 1.82) is 0 Å². The number of halogens is 2. The van der Waals surface area contributed by atoms with Crippen molar-refractivity contribution in [1.82, 2.24) is 5.32 Å². The van der Waals surface area contributed by atoms with Crippen molar-refractivity contribution in [2.24, 2.45) is 5.92 Å². The number of carbonyl (C=O) groups is 1. The Balaban J connectivity index is 1.61. The third-order valence-corrected chi connectivity index (χ3v) is 5.16. The molecule has 3 nitrogen and oxygen atoms in total. The first-order valence-electron chi connectivity index (χ1n) is 8.66. The highest BCUT2D eigenvalue weighted by Crippen LogP contribution is 2.24. The molecule has 2 atom stereocenters. The van der Waals surface area contributed by atoms with Crippen molar-refractivity contribution in [3.63, 3.8) is 0 Å². The average molecular weight is 377 g/mol. The van der Waals surface area contributed by atoms with Gasteiger partial charge in [0.15, 0.2) is 0 Å². The number of aryl methyl sites for hydroxylation is 1. The van der Waals surface area contributed by atoms with Gasteiger partial charge in [0.05, 0.1) is 6.04 Å². The van der Waals surface area contributed by atoms with Crippen LogP contribution in [0, 0.1) is 5.92 Å². The molecule has 0 bridgehead atoms. The summed E-state index contributed by atoms with van der Waals surface area (Å²) in [4.78, 5) is 12.7. The van der Waals surface area contributed by atoms with Crippen molar-refractivity contribution in [3.8, 4) is 0 Å². The zero-order valence-corrected chi connectivity index (χ0v) is 15.5. The number of carbonyl (C=O) groups excluding carboxylic acids is 1. The number of benzene rings is 2. The largest absolute Gasteiger partial charge is 0.325 e. The minimum atomic E-state index is -0.163. The van der Waals surface area contributed by atoms with Gasteiger partial charge in [-0.05, 0) is 80.1 Å². The molecule has 5 heteroatoms. The van der Waals surface area contributed by atoms with Gasteiger partial charge in [0.2, 0.25) is 5.91 Å². The molecule has 2 unspecified atom stereocenters. The van der Waals surface area contributed by atoms with Crippen LogP contribution in [-0.4, -0.2) is 18.5 Å². The number of piperidine rings is 1. The number of anilines is 1. The van der Waals surface area contributed by atoms with Crippen LogP contribution in [0.15, 0.2) is 48.5 Å². The van der Waals surface area contributed by atoms with Crippen LogP contribution in [0.2, 0.25) is 10.0 Å². The zero-order valence-electron chi connectivity index (χ0n) is 14.0. The Bertz CT molecular complexity index is 718. The van der Waals surface area contributed by atoms with Gasteiger partial charge >= 0.3 is 0 Å². The second-order valence-electron chi connectivity index (χ2n) is 6.50. The van der Waals surface area contributed by atoms with Crippen LogP contribution in [0.25, 0.3) is 0 Å². The van der Waals surface area contributed by atoms with Gasteiger partial charge in [-0.25, -0.2) is 0 Å². The standard InChI is InChI=1S/C20H22Cl2N2O/c21-16-8-10-18(11-9-16)24-20(25)19-15(4-2-12-23-19)7-6-14-3-1-5-17(22)13-14/h1,3,5,8-11,13,15,19,23H,2,4,6-7,12H2,(H,24,25). The van der Waals surface area contributed by atoms with Gasteiger partial charge in [-0.2, -0.15) is 0 Å². The second kappa shape index (κ2) is 8.70. The molecule has 0 aliphatic carbocycles. The first-order chi connectivity index (χ1) is 12.1. The van der Waals surface area contributed by atoms with E-state index in [0.29, 0.717) is 10.9 Å². The summed E-state index contributed by atoms with van der Waals surface area (Å²) in [5.74, 6) is 0.346. The summed E-state index contributed by atoms with van der Waals surface area (Å²) in [5, 5.41) is 7.80. The summed E-state index contributed by atoms with van der Waals surface area (Å²) >= 11 is 12.0. The molecule has 0 spiro atoms. The summed E-state index contributed by atoms with van der Waals surface area (Å²) in [5.41, 5.74) is 1.99. The van der Waals surface area contributed by atoms with E-state index in [0.717, 1.165) is 42.9 Å². The fraction of sp³-hybridized carbons (Fsp3) is 0.350. The van der Waals surface area contributed by atoms with E-state index in [2.05, 4.69) is 16.7 Å². The number of hydrogen-bond acceptors (Lipinski definition) is 2. The van der Waals surface area contributed by atoms with E-state index in [-0.39, 0.29) is 11.9 Å². The molecule has 25 heavy (non-hydrogen) atoms. The van der Waals surface area contributed by atoms with Crippen LogP contribution < -0.4 is 10.6 Å². The lowest BCUT2D eigenvalue weighted by molar-refractivity contribution is -0.120. The predicted molar refractivity (Wildman–Crippen MR) is 104 cm³/mol. The summed E-state index contributed by atoms with van der Waals surface area (Å²) in [7, 11) is 0. The van der Waals surface area contributed by atoms with E-state index in [4.69, 9.17) is 23.2 Å². The Morgan fingerprint density at radius 1 is 1.12 bits per heavy atom. The Hall–Kier alpha value is -1.55. The summed E-state index contributed by atoms with van der Waals surface area (Å²) < 4.78 is 0. The highest BCUT2D eigenvalue weighted by Gasteiger charge is 2.30. The van der Waals surface area contributed by atoms with Crippen molar-refractivity contribution >= 4 is 34.8 Å². The summed E-state index contributed by atoms with van der Waals surface area (Å²) in [6.07, 6.45) is 4.06. The van der Waals surface area contributed by atoms with Crippen LogP contribution in [0.5, 0.6) is 0 Å². The number of nitrogens with one attached hydrogen (secondary N) is 2. The molecule has 3 rings (SSSR count). The molecule has 1 saturated heterocycles. The molecule has 1 amide bonds. The molecule has 0 saturated carbocycles. The van der Waals surface area contributed by atoms with Crippen LogP contribution >= 0.6 is 23.2 Å². The molecule has 1 fully saturated rings. The third-order valence-electron chi connectivity index (χ3n) is 4.67. The van der Waals surface area contributed by atoms with Gasteiger partial charge in [-0.3, -0.25) is 4.79 Å². The molecule has 132 valence electrons. The van der Waals surface area contributed by atoms with Crippen LogP contribution in [-0.2, 0) is 11.2 Å². The van der Waals surface area contributed by atoms with E-state index >= 15 is 0 Å². The van der Waals surface area contributed by atoms with E-state index < -0.39 is 0 Å². The first-order valence-corrected chi connectivity index (χ1v) is 9.42. The normalized spacial score (nSPS) is 20.2. The SMILES string of the molecule is O=C(Nc1ccc(Cl)cc1)C1NCCCC1CCc1cccc(Cl)c1. The topological polar surface area (TPSA) is 41.1 Å². The number of hydrogen-bond donors (Lipinski definition) is 2. The molecule has 0 radical (unpaired) electrons. The zero-order chi connectivity index (χ0) is 17.6. The van der Waals surface area contributed by atoms with Crippen LogP contribution in [0.1, 0.15) is 24.8 Å². The van der Waals surface area contributed by atoms with E-state index in [1.54, 1.807) is 12.1 Å². The Labute approximate surface area is 158 Å².